The molecule has 0 spiro atoms. The molecule has 2 rings (SSSR count). The van der Waals surface area contributed by atoms with Gasteiger partial charge in [-0.25, -0.2) is 0 Å². The monoisotopic (exact) mass is 244 g/mol. The Hall–Kier alpha value is -1.45. The van der Waals surface area contributed by atoms with Gasteiger partial charge in [-0.1, -0.05) is 30.4 Å². The van der Waals surface area contributed by atoms with Crippen molar-refractivity contribution in [2.45, 2.75) is 6.42 Å². The van der Waals surface area contributed by atoms with Crippen LogP contribution in [0.3, 0.4) is 0 Å². The zero-order valence-corrected chi connectivity index (χ0v) is 10.6. The summed E-state index contributed by atoms with van der Waals surface area (Å²) in [7, 11) is 1.93. The molecule has 0 aromatic heterocycles. The van der Waals surface area contributed by atoms with Gasteiger partial charge in [0.15, 0.2) is 0 Å². The summed E-state index contributed by atoms with van der Waals surface area (Å²) in [5.74, 6) is 0. The molecular formula is C14H16N2S. The fourth-order valence-corrected chi connectivity index (χ4v) is 2.29. The normalized spacial score (nSPS) is 15.1. The fourth-order valence-electron chi connectivity index (χ4n) is 1.74. The molecule has 1 aromatic carbocycles. The predicted molar refractivity (Wildman–Crippen MR) is 77.3 cm³/mol. The highest BCUT2D eigenvalue weighted by molar-refractivity contribution is 8.01. The molecule has 0 heterocycles. The lowest BCUT2D eigenvalue weighted by Crippen LogP contribution is -1.90. The van der Waals surface area contributed by atoms with E-state index in [0.29, 0.717) is 0 Å². The van der Waals surface area contributed by atoms with Crippen LogP contribution in [-0.2, 0) is 0 Å². The minimum atomic E-state index is 0.804. The molecule has 88 valence electrons. The second-order valence-corrected chi connectivity index (χ2v) is 4.85. The zero-order valence-electron chi connectivity index (χ0n) is 9.81. The molecule has 1 aliphatic rings. The standard InChI is InChI=1S/C14H16N2S/c1-16-17-14-7-3-4-11(8-9-14)12-5-2-6-13(15)10-12/h2,4-10,16H,3,15H2,1H3. The summed E-state index contributed by atoms with van der Waals surface area (Å²) in [5.41, 5.74) is 9.00. The Kier molecular flexibility index (Phi) is 4.07. The first-order valence-electron chi connectivity index (χ1n) is 5.57. The molecule has 0 amide bonds. The van der Waals surface area contributed by atoms with Crippen LogP contribution in [0.5, 0.6) is 0 Å². The molecule has 0 saturated carbocycles. The van der Waals surface area contributed by atoms with Crippen molar-refractivity contribution in [1.82, 2.24) is 4.72 Å². The van der Waals surface area contributed by atoms with E-state index in [4.69, 9.17) is 5.73 Å². The molecule has 2 nitrogen and oxygen atoms in total. The summed E-state index contributed by atoms with van der Waals surface area (Å²) in [6, 6.07) is 7.99. The van der Waals surface area contributed by atoms with E-state index in [9.17, 15) is 0 Å². The lowest BCUT2D eigenvalue weighted by Gasteiger charge is -2.02. The summed E-state index contributed by atoms with van der Waals surface area (Å²) in [6.45, 7) is 0. The number of nitrogens with two attached hydrogens (primary N) is 1. The van der Waals surface area contributed by atoms with Crippen molar-refractivity contribution in [3.05, 3.63) is 59.0 Å². The van der Waals surface area contributed by atoms with Crippen molar-refractivity contribution in [1.29, 1.82) is 0 Å². The topological polar surface area (TPSA) is 38.0 Å². The number of benzene rings is 1. The van der Waals surface area contributed by atoms with E-state index < -0.39 is 0 Å². The maximum absolute atomic E-state index is 5.80. The number of nitrogens with one attached hydrogen (secondary N) is 1. The highest BCUT2D eigenvalue weighted by Gasteiger charge is 2.02. The Morgan fingerprint density at radius 1 is 1.24 bits per heavy atom. The van der Waals surface area contributed by atoms with Crippen LogP contribution in [0.25, 0.3) is 5.57 Å². The Balaban J connectivity index is 2.20. The summed E-state index contributed by atoms with van der Waals surface area (Å²) in [6.07, 6.45) is 9.63. The third-order valence-corrected chi connectivity index (χ3v) is 3.27. The molecule has 0 radical (unpaired) electrons. The molecule has 0 aliphatic heterocycles. The second-order valence-electron chi connectivity index (χ2n) is 3.77. The number of allylic oxidation sites excluding steroid dienone is 5. The van der Waals surface area contributed by atoms with Gasteiger partial charge < -0.3 is 5.73 Å². The maximum atomic E-state index is 5.80. The van der Waals surface area contributed by atoms with E-state index >= 15 is 0 Å². The molecule has 17 heavy (non-hydrogen) atoms. The maximum Gasteiger partial charge on any atom is 0.0320 e. The Morgan fingerprint density at radius 2 is 2.12 bits per heavy atom. The van der Waals surface area contributed by atoms with E-state index in [0.717, 1.165) is 12.1 Å². The zero-order chi connectivity index (χ0) is 12.1. The van der Waals surface area contributed by atoms with Crippen molar-refractivity contribution < 1.29 is 0 Å². The van der Waals surface area contributed by atoms with Gasteiger partial charge in [-0.2, -0.15) is 0 Å². The van der Waals surface area contributed by atoms with Crippen LogP contribution in [0.2, 0.25) is 0 Å². The van der Waals surface area contributed by atoms with E-state index in [1.54, 1.807) is 11.9 Å². The van der Waals surface area contributed by atoms with Crippen molar-refractivity contribution in [3.63, 3.8) is 0 Å². The molecule has 1 aliphatic carbocycles. The van der Waals surface area contributed by atoms with Gasteiger partial charge in [-0.05, 0) is 54.8 Å². The van der Waals surface area contributed by atoms with Crippen LogP contribution in [0.1, 0.15) is 12.0 Å². The van der Waals surface area contributed by atoms with Gasteiger partial charge >= 0.3 is 0 Å². The molecule has 0 bridgehead atoms. The Bertz CT molecular complexity index is 487. The van der Waals surface area contributed by atoms with Gasteiger partial charge in [-0.3, -0.25) is 4.72 Å². The summed E-state index contributed by atoms with van der Waals surface area (Å²) >= 11 is 1.63. The lowest BCUT2D eigenvalue weighted by atomic mass is 10.0. The smallest absolute Gasteiger partial charge is 0.0320 e. The predicted octanol–water partition coefficient (Wildman–Crippen LogP) is 3.36. The van der Waals surface area contributed by atoms with Crippen molar-refractivity contribution in [2.75, 3.05) is 12.8 Å². The molecular weight excluding hydrogens is 228 g/mol. The number of rotatable bonds is 3. The number of nitrogen functional groups attached to an aromatic ring is 1. The molecule has 0 unspecified atom stereocenters. The van der Waals surface area contributed by atoms with Crippen LogP contribution in [0, 0.1) is 0 Å². The van der Waals surface area contributed by atoms with E-state index in [1.165, 1.54) is 16.0 Å². The number of anilines is 1. The largest absolute Gasteiger partial charge is 0.399 e. The highest BCUT2D eigenvalue weighted by Crippen LogP contribution is 2.24. The second kappa shape index (κ2) is 5.75. The van der Waals surface area contributed by atoms with Crippen LogP contribution in [0.15, 0.2) is 53.5 Å². The van der Waals surface area contributed by atoms with Gasteiger partial charge in [0, 0.05) is 10.6 Å². The Morgan fingerprint density at radius 3 is 2.88 bits per heavy atom. The minimum absolute atomic E-state index is 0.804. The van der Waals surface area contributed by atoms with Crippen molar-refractivity contribution in [2.24, 2.45) is 0 Å². The third-order valence-electron chi connectivity index (χ3n) is 2.52. The van der Waals surface area contributed by atoms with E-state index in [1.807, 2.05) is 25.2 Å². The highest BCUT2D eigenvalue weighted by atomic mass is 32.2. The first kappa shape index (κ1) is 12.0. The van der Waals surface area contributed by atoms with Gasteiger partial charge in [0.2, 0.25) is 0 Å². The van der Waals surface area contributed by atoms with E-state index in [2.05, 4.69) is 35.1 Å². The summed E-state index contributed by atoms with van der Waals surface area (Å²) in [5, 5.41) is 0. The van der Waals surface area contributed by atoms with E-state index in [-0.39, 0.29) is 0 Å². The SMILES string of the molecule is CNSC1=CCC=C(c2cccc(N)c2)C=C1. The van der Waals surface area contributed by atoms with Crippen LogP contribution in [-0.4, -0.2) is 7.05 Å². The Labute approximate surface area is 106 Å². The summed E-state index contributed by atoms with van der Waals surface area (Å²) in [4.78, 5) is 1.24. The summed E-state index contributed by atoms with van der Waals surface area (Å²) < 4.78 is 3.08. The van der Waals surface area contributed by atoms with Gasteiger partial charge in [0.25, 0.3) is 0 Å². The molecule has 0 fully saturated rings. The van der Waals surface area contributed by atoms with Gasteiger partial charge in [0.05, 0.1) is 0 Å². The third kappa shape index (κ3) is 3.25. The first-order chi connectivity index (χ1) is 8.29. The van der Waals surface area contributed by atoms with Gasteiger partial charge in [-0.15, -0.1) is 0 Å². The fraction of sp³-hybridized carbons (Fsp3) is 0.143. The molecule has 0 saturated heterocycles. The van der Waals surface area contributed by atoms with Crippen LogP contribution in [0.4, 0.5) is 5.69 Å². The van der Waals surface area contributed by atoms with Crippen LogP contribution < -0.4 is 10.5 Å². The van der Waals surface area contributed by atoms with Crippen LogP contribution >= 0.6 is 11.9 Å². The molecule has 3 heteroatoms. The molecule has 0 atom stereocenters. The minimum Gasteiger partial charge on any atom is -0.399 e. The average molecular weight is 244 g/mol. The first-order valence-corrected chi connectivity index (χ1v) is 6.39. The molecule has 3 N–H and O–H groups in total. The number of hydrogen-bond acceptors (Lipinski definition) is 3. The quantitative estimate of drug-likeness (QED) is 0.632. The average Bonchev–Trinajstić information content (AvgIpc) is 2.55. The van der Waals surface area contributed by atoms with Crippen molar-refractivity contribution >= 4 is 23.2 Å². The number of hydrogen-bond donors (Lipinski definition) is 2. The van der Waals surface area contributed by atoms with Gasteiger partial charge in [0.1, 0.15) is 0 Å². The van der Waals surface area contributed by atoms with Crippen molar-refractivity contribution in [3.8, 4) is 0 Å². The lowest BCUT2D eigenvalue weighted by molar-refractivity contribution is 1.30. The molecule has 1 aromatic rings.